The summed E-state index contributed by atoms with van der Waals surface area (Å²) in [4.78, 5) is 25.7. The van der Waals surface area contributed by atoms with E-state index in [0.717, 1.165) is 5.56 Å². The molecule has 0 atom stereocenters. The zero-order chi connectivity index (χ0) is 26.2. The van der Waals surface area contributed by atoms with Gasteiger partial charge in [-0.3, -0.25) is 19.0 Å². The SMILES string of the molecule is Cc1c(NS(=O)(=O)c2cccc(C(=O)NCc3ccc4c(c3)OCO4)c2)c(=O)n(-c2ccccc2)n1C. The number of anilines is 1. The standard InChI is InChI=1S/C26H24N4O6S/c1-17-24(26(32)30(29(17)2)20-8-4-3-5-9-20)28-37(33,34)21-10-6-7-19(14-21)25(31)27-15-18-11-12-22-23(13-18)36-16-35-22/h3-14,28H,15-16H2,1-2H3,(H,27,31). The van der Waals surface area contributed by atoms with Crippen molar-refractivity contribution in [3.8, 4) is 17.2 Å². The van der Waals surface area contributed by atoms with Gasteiger partial charge in [-0.1, -0.05) is 30.3 Å². The molecule has 0 bridgehead atoms. The minimum Gasteiger partial charge on any atom is -0.454 e. The third-order valence-electron chi connectivity index (χ3n) is 6.09. The number of sulfonamides is 1. The van der Waals surface area contributed by atoms with Gasteiger partial charge in [-0.15, -0.1) is 0 Å². The highest BCUT2D eigenvalue weighted by molar-refractivity contribution is 7.92. The summed E-state index contributed by atoms with van der Waals surface area (Å²) < 4.78 is 42.4. The second-order valence-electron chi connectivity index (χ2n) is 8.44. The Morgan fingerprint density at radius 3 is 2.51 bits per heavy atom. The average Bonchev–Trinajstić information content (AvgIpc) is 3.46. The first-order chi connectivity index (χ1) is 17.7. The molecule has 0 unspecified atom stereocenters. The number of carbonyl (C=O) groups excluding carboxylic acids is 1. The molecule has 2 heterocycles. The van der Waals surface area contributed by atoms with E-state index in [4.69, 9.17) is 9.47 Å². The third-order valence-corrected chi connectivity index (χ3v) is 7.43. The summed E-state index contributed by atoms with van der Waals surface area (Å²) in [6.07, 6.45) is 0. The minimum absolute atomic E-state index is 0.0657. The lowest BCUT2D eigenvalue weighted by Gasteiger charge is -2.10. The molecular formula is C26H24N4O6S. The van der Waals surface area contributed by atoms with Crippen LogP contribution >= 0.6 is 0 Å². The molecule has 0 saturated heterocycles. The molecule has 1 aliphatic heterocycles. The van der Waals surface area contributed by atoms with E-state index in [2.05, 4.69) is 10.0 Å². The summed E-state index contributed by atoms with van der Waals surface area (Å²) >= 11 is 0. The maximum atomic E-state index is 13.2. The Morgan fingerprint density at radius 1 is 0.973 bits per heavy atom. The van der Waals surface area contributed by atoms with E-state index < -0.39 is 21.5 Å². The van der Waals surface area contributed by atoms with Gasteiger partial charge in [-0.05, 0) is 55.0 Å². The van der Waals surface area contributed by atoms with Gasteiger partial charge in [0.2, 0.25) is 6.79 Å². The van der Waals surface area contributed by atoms with Gasteiger partial charge in [0.1, 0.15) is 5.69 Å². The van der Waals surface area contributed by atoms with Crippen LogP contribution in [0.25, 0.3) is 5.69 Å². The molecule has 1 amide bonds. The number of fused-ring (bicyclic) bond motifs is 1. The van der Waals surface area contributed by atoms with Gasteiger partial charge in [0.05, 0.1) is 16.3 Å². The maximum Gasteiger partial charge on any atom is 0.296 e. The van der Waals surface area contributed by atoms with Gasteiger partial charge in [-0.2, -0.15) is 0 Å². The molecule has 37 heavy (non-hydrogen) atoms. The van der Waals surface area contributed by atoms with Crippen LogP contribution in [-0.4, -0.2) is 30.5 Å². The number of carbonyl (C=O) groups is 1. The molecule has 10 nitrogen and oxygen atoms in total. The van der Waals surface area contributed by atoms with Gasteiger partial charge >= 0.3 is 0 Å². The lowest BCUT2D eigenvalue weighted by Crippen LogP contribution is -2.24. The number of nitrogens with one attached hydrogen (secondary N) is 2. The number of benzene rings is 3. The van der Waals surface area contributed by atoms with Crippen LogP contribution in [0.5, 0.6) is 11.5 Å². The van der Waals surface area contributed by atoms with Crippen molar-refractivity contribution < 1.29 is 22.7 Å². The Balaban J connectivity index is 1.35. The van der Waals surface area contributed by atoms with E-state index in [1.54, 1.807) is 55.1 Å². The molecule has 4 aromatic rings. The van der Waals surface area contributed by atoms with Crippen molar-refractivity contribution in [1.82, 2.24) is 14.7 Å². The van der Waals surface area contributed by atoms with Crippen molar-refractivity contribution in [2.24, 2.45) is 7.05 Å². The number of para-hydroxylation sites is 1. The highest BCUT2D eigenvalue weighted by Gasteiger charge is 2.23. The second-order valence-corrected chi connectivity index (χ2v) is 10.1. The lowest BCUT2D eigenvalue weighted by atomic mass is 10.2. The molecule has 0 fully saturated rings. The van der Waals surface area contributed by atoms with Crippen molar-refractivity contribution in [2.45, 2.75) is 18.4 Å². The lowest BCUT2D eigenvalue weighted by molar-refractivity contribution is 0.0950. The third kappa shape index (κ3) is 4.68. The topological polar surface area (TPSA) is 121 Å². The summed E-state index contributed by atoms with van der Waals surface area (Å²) in [6, 6.07) is 19.9. The summed E-state index contributed by atoms with van der Waals surface area (Å²) in [5.74, 6) is 0.801. The van der Waals surface area contributed by atoms with E-state index in [9.17, 15) is 18.0 Å². The Bertz CT molecular complexity index is 1660. The van der Waals surface area contributed by atoms with Crippen LogP contribution in [-0.2, 0) is 23.6 Å². The van der Waals surface area contributed by atoms with Crippen LogP contribution < -0.4 is 25.1 Å². The monoisotopic (exact) mass is 520 g/mol. The Labute approximate surface area is 213 Å². The number of ether oxygens (including phenoxy) is 2. The molecule has 0 saturated carbocycles. The van der Waals surface area contributed by atoms with Crippen molar-refractivity contribution in [1.29, 1.82) is 0 Å². The van der Waals surface area contributed by atoms with Crippen molar-refractivity contribution >= 4 is 21.6 Å². The first kappa shape index (κ1) is 24.2. The number of rotatable bonds is 7. The molecule has 0 aliphatic carbocycles. The summed E-state index contributed by atoms with van der Waals surface area (Å²) in [5, 5.41) is 2.77. The summed E-state index contributed by atoms with van der Waals surface area (Å²) in [7, 11) is -2.49. The van der Waals surface area contributed by atoms with Crippen LogP contribution in [0.3, 0.4) is 0 Å². The zero-order valence-corrected chi connectivity index (χ0v) is 20.9. The molecule has 1 aliphatic rings. The smallest absolute Gasteiger partial charge is 0.296 e. The molecule has 1 aromatic heterocycles. The summed E-state index contributed by atoms with van der Waals surface area (Å²) in [6.45, 7) is 2.02. The van der Waals surface area contributed by atoms with E-state index >= 15 is 0 Å². The predicted molar refractivity (Wildman–Crippen MR) is 137 cm³/mol. The number of hydrogen-bond acceptors (Lipinski definition) is 6. The largest absolute Gasteiger partial charge is 0.454 e. The second kappa shape index (κ2) is 9.51. The van der Waals surface area contributed by atoms with E-state index in [-0.39, 0.29) is 29.5 Å². The van der Waals surface area contributed by atoms with Crippen LogP contribution in [0.4, 0.5) is 5.69 Å². The van der Waals surface area contributed by atoms with Crippen LogP contribution in [0.15, 0.2) is 82.5 Å². The van der Waals surface area contributed by atoms with Crippen LogP contribution in [0.1, 0.15) is 21.6 Å². The molecule has 2 N–H and O–H groups in total. The molecule has 0 radical (unpaired) electrons. The molecule has 3 aromatic carbocycles. The Hall–Kier alpha value is -4.51. The maximum absolute atomic E-state index is 13.2. The van der Waals surface area contributed by atoms with Gasteiger partial charge < -0.3 is 14.8 Å². The number of aromatic nitrogens is 2. The molecule has 190 valence electrons. The summed E-state index contributed by atoms with van der Waals surface area (Å²) in [5.41, 5.74) is 1.43. The Morgan fingerprint density at radius 2 is 1.73 bits per heavy atom. The fraction of sp³-hybridized carbons (Fsp3) is 0.154. The molecule has 5 rings (SSSR count). The quantitative estimate of drug-likeness (QED) is 0.387. The molecule has 11 heteroatoms. The molecular weight excluding hydrogens is 496 g/mol. The van der Waals surface area contributed by atoms with Gasteiger partial charge in [0.25, 0.3) is 21.5 Å². The van der Waals surface area contributed by atoms with Crippen molar-refractivity contribution in [3.63, 3.8) is 0 Å². The fourth-order valence-electron chi connectivity index (χ4n) is 4.02. The first-order valence-corrected chi connectivity index (χ1v) is 12.9. The predicted octanol–water partition coefficient (Wildman–Crippen LogP) is 2.94. The molecule has 0 spiro atoms. The van der Waals surface area contributed by atoms with Gasteiger partial charge in [-0.25, -0.2) is 13.1 Å². The van der Waals surface area contributed by atoms with E-state index in [0.29, 0.717) is 22.9 Å². The van der Waals surface area contributed by atoms with Gasteiger partial charge in [0, 0.05) is 19.2 Å². The Kier molecular flexibility index (Phi) is 6.22. The number of hydrogen-bond donors (Lipinski definition) is 2. The first-order valence-electron chi connectivity index (χ1n) is 11.4. The van der Waals surface area contributed by atoms with Crippen LogP contribution in [0.2, 0.25) is 0 Å². The minimum atomic E-state index is -4.16. The zero-order valence-electron chi connectivity index (χ0n) is 20.1. The van der Waals surface area contributed by atoms with Crippen LogP contribution in [0, 0.1) is 6.92 Å². The van der Waals surface area contributed by atoms with Crippen molar-refractivity contribution in [2.75, 3.05) is 11.5 Å². The number of nitrogens with zero attached hydrogens (tertiary/aromatic N) is 2. The highest BCUT2D eigenvalue weighted by Crippen LogP contribution is 2.32. The van der Waals surface area contributed by atoms with Crippen molar-refractivity contribution in [3.05, 3.63) is 100.0 Å². The fourth-order valence-corrected chi connectivity index (χ4v) is 5.18. The average molecular weight is 521 g/mol. The number of amides is 1. The normalized spacial score (nSPS) is 12.4. The highest BCUT2D eigenvalue weighted by atomic mass is 32.2. The van der Waals surface area contributed by atoms with E-state index in [1.165, 1.54) is 28.9 Å². The van der Waals surface area contributed by atoms with Gasteiger partial charge in [0.15, 0.2) is 11.5 Å². The van der Waals surface area contributed by atoms with E-state index in [1.807, 2.05) is 12.1 Å².